The van der Waals surface area contributed by atoms with Crippen molar-refractivity contribution in [1.82, 2.24) is 0 Å². The average molecular weight is 225 g/mol. The first-order valence-electron chi connectivity index (χ1n) is 3.27. The molecule has 0 aromatic heterocycles. The third-order valence-corrected chi connectivity index (χ3v) is 2.67. The van der Waals surface area contributed by atoms with Crippen LogP contribution in [0.4, 0.5) is 0 Å². The van der Waals surface area contributed by atoms with Gasteiger partial charge in [-0.05, 0) is 13.8 Å². The molecule has 0 aromatic rings. The van der Waals surface area contributed by atoms with Crippen LogP contribution in [0.2, 0.25) is 0 Å². The topological polar surface area (TPSA) is 35.5 Å². The largest absolute Gasteiger partial charge is 0.468 e. The highest BCUT2D eigenvalue weighted by atomic mass is 79.9. The van der Waals surface area contributed by atoms with E-state index in [-0.39, 0.29) is 12.1 Å². The minimum Gasteiger partial charge on any atom is -0.468 e. The van der Waals surface area contributed by atoms with Gasteiger partial charge in [-0.1, -0.05) is 15.9 Å². The van der Waals surface area contributed by atoms with Crippen molar-refractivity contribution in [1.29, 1.82) is 0 Å². The van der Waals surface area contributed by atoms with Gasteiger partial charge in [0, 0.05) is 7.11 Å². The maximum Gasteiger partial charge on any atom is 0.324 e. The highest BCUT2D eigenvalue weighted by Crippen LogP contribution is 2.25. The summed E-state index contributed by atoms with van der Waals surface area (Å²) in [5.74, 6) is -0.327. The molecule has 0 radical (unpaired) electrons. The molecule has 0 aliphatic heterocycles. The van der Waals surface area contributed by atoms with Crippen LogP contribution in [0.25, 0.3) is 0 Å². The molecule has 0 bridgehead atoms. The fourth-order valence-electron chi connectivity index (χ4n) is 0.587. The fourth-order valence-corrected chi connectivity index (χ4v) is 0.936. The second-order valence-corrected chi connectivity index (χ2v) is 4.09. The van der Waals surface area contributed by atoms with Crippen LogP contribution in [0.3, 0.4) is 0 Å². The zero-order valence-corrected chi connectivity index (χ0v) is 8.77. The smallest absolute Gasteiger partial charge is 0.324 e. The van der Waals surface area contributed by atoms with E-state index in [0.717, 1.165) is 0 Å². The summed E-state index contributed by atoms with van der Waals surface area (Å²) < 4.78 is 8.81. The molecule has 4 heteroatoms. The average Bonchev–Trinajstić information content (AvgIpc) is 2.01. The van der Waals surface area contributed by atoms with Gasteiger partial charge in [-0.25, -0.2) is 0 Å². The summed E-state index contributed by atoms with van der Waals surface area (Å²) in [7, 11) is 2.90. The lowest BCUT2D eigenvalue weighted by Gasteiger charge is -2.25. The molecule has 0 aromatic carbocycles. The molecule has 66 valence electrons. The van der Waals surface area contributed by atoms with Crippen LogP contribution < -0.4 is 0 Å². The molecule has 3 nitrogen and oxygen atoms in total. The monoisotopic (exact) mass is 224 g/mol. The van der Waals surface area contributed by atoms with E-state index >= 15 is 0 Å². The second-order valence-electron chi connectivity index (χ2n) is 2.45. The van der Waals surface area contributed by atoms with Gasteiger partial charge in [-0.15, -0.1) is 0 Å². The van der Waals surface area contributed by atoms with E-state index in [1.807, 2.05) is 0 Å². The molecular formula is C7H13BrO3. The highest BCUT2D eigenvalue weighted by Gasteiger charge is 2.37. The van der Waals surface area contributed by atoms with Crippen molar-refractivity contribution in [3.63, 3.8) is 0 Å². The van der Waals surface area contributed by atoms with Crippen molar-refractivity contribution in [3.05, 3.63) is 0 Å². The van der Waals surface area contributed by atoms with Crippen LogP contribution >= 0.6 is 15.9 Å². The van der Waals surface area contributed by atoms with Gasteiger partial charge in [0.25, 0.3) is 0 Å². The molecule has 0 aliphatic carbocycles. The quantitative estimate of drug-likeness (QED) is 0.537. The first-order chi connectivity index (χ1) is 4.96. The Morgan fingerprint density at radius 1 is 1.55 bits per heavy atom. The van der Waals surface area contributed by atoms with Crippen molar-refractivity contribution in [3.8, 4) is 0 Å². The molecule has 0 saturated heterocycles. The van der Waals surface area contributed by atoms with E-state index in [0.29, 0.717) is 0 Å². The fraction of sp³-hybridized carbons (Fsp3) is 0.857. The van der Waals surface area contributed by atoms with Crippen LogP contribution in [-0.2, 0) is 14.3 Å². The number of ether oxygens (including phenoxy) is 2. The number of methoxy groups -OCH3 is 2. The number of hydrogen-bond donors (Lipinski definition) is 0. The van der Waals surface area contributed by atoms with Crippen LogP contribution in [-0.4, -0.2) is 30.6 Å². The summed E-state index contributed by atoms with van der Waals surface area (Å²) in [5, 5.41) is 0. The predicted octanol–water partition coefficient (Wildman–Crippen LogP) is 1.35. The second kappa shape index (κ2) is 4.07. The minimum absolute atomic E-state index is 0.213. The molecule has 0 heterocycles. The normalized spacial score (nSPS) is 18.6. The van der Waals surface area contributed by atoms with Crippen molar-refractivity contribution >= 4 is 21.9 Å². The number of halogens is 1. The summed E-state index contributed by atoms with van der Waals surface area (Å²) in [4.78, 5) is 11.1. The van der Waals surface area contributed by atoms with Crippen molar-refractivity contribution in [2.24, 2.45) is 0 Å². The first kappa shape index (κ1) is 10.9. The third-order valence-electron chi connectivity index (χ3n) is 1.70. The van der Waals surface area contributed by atoms with Gasteiger partial charge in [0.05, 0.1) is 13.2 Å². The van der Waals surface area contributed by atoms with Crippen LogP contribution in [0.1, 0.15) is 13.8 Å². The lowest BCUT2D eigenvalue weighted by Crippen LogP contribution is -2.41. The van der Waals surface area contributed by atoms with Gasteiger partial charge in [0.1, 0.15) is 4.32 Å². The third kappa shape index (κ3) is 2.45. The molecule has 0 unspecified atom stereocenters. The Balaban J connectivity index is 4.31. The van der Waals surface area contributed by atoms with Gasteiger partial charge in [0.2, 0.25) is 0 Å². The number of alkyl halides is 1. The number of carbonyl (C=O) groups excluding carboxylic acids is 1. The summed E-state index contributed by atoms with van der Waals surface area (Å²) in [5.41, 5.74) is 0. The van der Waals surface area contributed by atoms with Crippen molar-refractivity contribution < 1.29 is 14.3 Å². The van der Waals surface area contributed by atoms with Gasteiger partial charge < -0.3 is 9.47 Å². The van der Waals surface area contributed by atoms with Crippen LogP contribution in [0, 0.1) is 0 Å². The van der Waals surface area contributed by atoms with E-state index in [9.17, 15) is 4.79 Å². The van der Waals surface area contributed by atoms with E-state index in [2.05, 4.69) is 20.7 Å². The van der Waals surface area contributed by atoms with E-state index < -0.39 is 4.32 Å². The molecule has 11 heavy (non-hydrogen) atoms. The minimum atomic E-state index is -0.753. The lowest BCUT2D eigenvalue weighted by atomic mass is 10.1. The SMILES string of the molecule is COC(=O)[C@](C)(Br)[C@@H](C)OC. The Hall–Kier alpha value is -0.0900. The molecule has 0 spiro atoms. The summed E-state index contributed by atoms with van der Waals surface area (Å²) in [6.45, 7) is 3.51. The molecule has 0 N–H and O–H groups in total. The Morgan fingerprint density at radius 3 is 2.27 bits per heavy atom. The predicted molar refractivity (Wildman–Crippen MR) is 45.8 cm³/mol. The zero-order chi connectivity index (χ0) is 9.07. The molecular weight excluding hydrogens is 212 g/mol. The van der Waals surface area contributed by atoms with Gasteiger partial charge in [0.15, 0.2) is 0 Å². The summed E-state index contributed by atoms with van der Waals surface area (Å²) in [6, 6.07) is 0. The number of carbonyl (C=O) groups is 1. The van der Waals surface area contributed by atoms with Crippen molar-refractivity contribution in [2.75, 3.05) is 14.2 Å². The summed E-state index contributed by atoms with van der Waals surface area (Å²) in [6.07, 6.45) is -0.213. The molecule has 2 atom stereocenters. The van der Waals surface area contributed by atoms with Crippen LogP contribution in [0.15, 0.2) is 0 Å². The number of rotatable bonds is 3. The summed E-state index contributed by atoms with van der Waals surface area (Å²) >= 11 is 3.23. The van der Waals surface area contributed by atoms with Gasteiger partial charge in [-0.3, -0.25) is 4.79 Å². The zero-order valence-electron chi connectivity index (χ0n) is 7.18. The molecule has 0 fully saturated rings. The van der Waals surface area contributed by atoms with Crippen LogP contribution in [0.5, 0.6) is 0 Å². The Bertz CT molecular complexity index is 145. The highest BCUT2D eigenvalue weighted by molar-refractivity contribution is 9.10. The van der Waals surface area contributed by atoms with Crippen molar-refractivity contribution in [2.45, 2.75) is 24.3 Å². The maximum absolute atomic E-state index is 11.1. The molecule has 0 rings (SSSR count). The van der Waals surface area contributed by atoms with Gasteiger partial charge >= 0.3 is 5.97 Å². The first-order valence-corrected chi connectivity index (χ1v) is 4.06. The van der Waals surface area contributed by atoms with Gasteiger partial charge in [-0.2, -0.15) is 0 Å². The number of esters is 1. The molecule has 0 saturated carbocycles. The Kier molecular flexibility index (Phi) is 4.03. The Labute approximate surface area is 75.2 Å². The Morgan fingerprint density at radius 2 is 2.00 bits per heavy atom. The number of hydrogen-bond acceptors (Lipinski definition) is 3. The van der Waals surface area contributed by atoms with E-state index in [4.69, 9.17) is 4.74 Å². The molecule has 0 aliphatic rings. The molecule has 0 amide bonds. The van der Waals surface area contributed by atoms with E-state index in [1.165, 1.54) is 7.11 Å². The lowest BCUT2D eigenvalue weighted by molar-refractivity contribution is -0.146. The standard InChI is InChI=1S/C7H13BrO3/c1-5(10-3)7(2,8)6(9)11-4/h5H,1-4H3/t5-,7-/m1/s1. The maximum atomic E-state index is 11.1. The van der Waals surface area contributed by atoms with E-state index in [1.54, 1.807) is 21.0 Å².